The summed E-state index contributed by atoms with van der Waals surface area (Å²) in [5, 5.41) is 0.0156. The Bertz CT molecular complexity index is 1070. The number of carbonyl (C=O) groups excluding carboxylic acids is 2. The van der Waals surface area contributed by atoms with Crippen molar-refractivity contribution in [2.24, 2.45) is 0 Å². The fourth-order valence-corrected chi connectivity index (χ4v) is 4.41. The molecule has 0 unspecified atom stereocenters. The van der Waals surface area contributed by atoms with E-state index < -0.39 is 23.5 Å². The summed E-state index contributed by atoms with van der Waals surface area (Å²) in [5.41, 5.74) is 0.877. The number of ether oxygens (including phenoxy) is 1. The molecule has 8 nitrogen and oxygen atoms in total. The summed E-state index contributed by atoms with van der Waals surface area (Å²) in [6.07, 6.45) is 2.46. The van der Waals surface area contributed by atoms with Crippen LogP contribution in [0.4, 0.5) is 25.5 Å². The number of carbonyl (C=O) groups is 2. The fraction of sp³-hybridized carbons (Fsp3) is 0.478. The number of benzene rings is 1. The molecule has 2 aliphatic heterocycles. The number of aryl methyl sites for hydroxylation is 1. The smallest absolute Gasteiger partial charge is 0.410 e. The second-order valence-electron chi connectivity index (χ2n) is 9.35. The van der Waals surface area contributed by atoms with Crippen LogP contribution in [-0.4, -0.2) is 51.7 Å². The van der Waals surface area contributed by atoms with E-state index in [2.05, 4.69) is 9.97 Å². The normalized spacial score (nSPS) is 18.9. The maximum Gasteiger partial charge on any atom is 0.410 e. The minimum Gasteiger partial charge on any atom is -0.444 e. The molecule has 0 radical (unpaired) electrons. The third-order valence-corrected chi connectivity index (χ3v) is 5.86. The van der Waals surface area contributed by atoms with Gasteiger partial charge in [0.1, 0.15) is 17.2 Å². The van der Waals surface area contributed by atoms with Gasteiger partial charge in [-0.1, -0.05) is 12.1 Å². The number of aromatic nitrogens is 2. The fourth-order valence-electron chi connectivity index (χ4n) is 4.28. The number of rotatable bonds is 2. The first-order valence-electron chi connectivity index (χ1n) is 10.9. The lowest BCUT2D eigenvalue weighted by Crippen LogP contribution is -2.58. The highest BCUT2D eigenvalue weighted by Crippen LogP contribution is 2.36. The topological polar surface area (TPSA) is 78.9 Å². The van der Waals surface area contributed by atoms with E-state index in [9.17, 15) is 14.0 Å². The minimum absolute atomic E-state index is 0.0156. The molecule has 3 heterocycles. The Morgan fingerprint density at radius 3 is 2.76 bits per heavy atom. The molecule has 1 aromatic carbocycles. The highest BCUT2D eigenvalue weighted by molar-refractivity contribution is 6.28. The molecule has 1 atom stereocenters. The van der Waals surface area contributed by atoms with E-state index >= 15 is 0 Å². The minimum atomic E-state index is -0.627. The molecular formula is C23H27ClFN5O3. The number of halogens is 2. The van der Waals surface area contributed by atoms with Gasteiger partial charge in [0.25, 0.3) is 0 Å². The largest absolute Gasteiger partial charge is 0.444 e. The van der Waals surface area contributed by atoms with E-state index in [1.165, 1.54) is 15.9 Å². The van der Waals surface area contributed by atoms with Crippen LogP contribution in [-0.2, 0) is 11.3 Å². The van der Waals surface area contributed by atoms with Gasteiger partial charge in [-0.15, -0.1) is 0 Å². The van der Waals surface area contributed by atoms with Crippen LogP contribution < -0.4 is 9.80 Å². The Balaban J connectivity index is 1.71. The highest BCUT2D eigenvalue weighted by Gasteiger charge is 2.41. The van der Waals surface area contributed by atoms with Crippen molar-refractivity contribution in [3.05, 3.63) is 46.6 Å². The standard InChI is InChI=1S/C23H27ClFN5O3/c1-14-7-5-9-17(25)18(14)29-12-15-11-26-20(24)27-19(15)30(21(29)31)16-8-6-10-28(13-16)22(32)33-23(2,3)4/h5,7,9,11,16H,6,8,10,12-13H2,1-4H3/t16-/m0/s1. The van der Waals surface area contributed by atoms with Crippen molar-refractivity contribution in [2.75, 3.05) is 22.9 Å². The molecule has 176 valence electrons. The number of anilines is 2. The molecule has 3 amide bonds. The van der Waals surface area contributed by atoms with E-state index in [4.69, 9.17) is 16.3 Å². The van der Waals surface area contributed by atoms with E-state index in [0.717, 1.165) is 0 Å². The lowest BCUT2D eigenvalue weighted by atomic mass is 10.0. The van der Waals surface area contributed by atoms with Gasteiger partial charge < -0.3 is 9.64 Å². The van der Waals surface area contributed by atoms with Crippen LogP contribution in [0.3, 0.4) is 0 Å². The monoisotopic (exact) mass is 475 g/mol. The maximum atomic E-state index is 14.8. The second-order valence-corrected chi connectivity index (χ2v) is 9.69. The van der Waals surface area contributed by atoms with Gasteiger partial charge in [0.05, 0.1) is 18.3 Å². The van der Waals surface area contributed by atoms with Crippen molar-refractivity contribution >= 4 is 35.2 Å². The van der Waals surface area contributed by atoms with Crippen molar-refractivity contribution in [1.82, 2.24) is 14.9 Å². The van der Waals surface area contributed by atoms with Crippen LogP contribution in [0.15, 0.2) is 24.4 Å². The number of nitrogens with zero attached hydrogens (tertiary/aromatic N) is 5. The Labute approximate surface area is 197 Å². The third-order valence-electron chi connectivity index (χ3n) is 5.68. The number of amides is 3. The van der Waals surface area contributed by atoms with E-state index in [1.54, 1.807) is 30.2 Å². The van der Waals surface area contributed by atoms with Gasteiger partial charge >= 0.3 is 12.1 Å². The van der Waals surface area contributed by atoms with E-state index in [0.29, 0.717) is 36.3 Å². The summed E-state index contributed by atoms with van der Waals surface area (Å²) in [7, 11) is 0. The quantitative estimate of drug-likeness (QED) is 0.576. The molecule has 0 bridgehead atoms. The third kappa shape index (κ3) is 4.73. The van der Waals surface area contributed by atoms with Crippen molar-refractivity contribution in [3.8, 4) is 0 Å². The number of urea groups is 1. The molecule has 10 heteroatoms. The van der Waals surface area contributed by atoms with E-state index in [-0.39, 0.29) is 30.1 Å². The molecule has 1 saturated heterocycles. The SMILES string of the molecule is Cc1cccc(F)c1N1Cc2cnc(Cl)nc2N([C@H]2CCCN(C(=O)OC(C)(C)C)C2)C1=O. The molecular weight excluding hydrogens is 449 g/mol. The summed E-state index contributed by atoms with van der Waals surface area (Å²) in [4.78, 5) is 39.4. The molecule has 0 aliphatic carbocycles. The van der Waals surface area contributed by atoms with Crippen LogP contribution in [0, 0.1) is 12.7 Å². The van der Waals surface area contributed by atoms with Gasteiger partial charge in [0.15, 0.2) is 0 Å². The first-order valence-corrected chi connectivity index (χ1v) is 11.3. The lowest BCUT2D eigenvalue weighted by molar-refractivity contribution is 0.0199. The average Bonchev–Trinajstić information content (AvgIpc) is 2.73. The number of hydrogen-bond acceptors (Lipinski definition) is 5. The molecule has 33 heavy (non-hydrogen) atoms. The van der Waals surface area contributed by atoms with Gasteiger partial charge in [-0.2, -0.15) is 4.98 Å². The van der Waals surface area contributed by atoms with Crippen LogP contribution in [0.1, 0.15) is 44.7 Å². The summed E-state index contributed by atoms with van der Waals surface area (Å²) < 4.78 is 20.3. The summed E-state index contributed by atoms with van der Waals surface area (Å²) in [6, 6.07) is 3.91. The molecule has 4 rings (SSSR count). The average molecular weight is 476 g/mol. The van der Waals surface area contributed by atoms with Crippen molar-refractivity contribution in [1.29, 1.82) is 0 Å². The van der Waals surface area contributed by atoms with Gasteiger partial charge in [-0.3, -0.25) is 9.80 Å². The maximum absolute atomic E-state index is 14.8. The van der Waals surface area contributed by atoms with Gasteiger partial charge in [-0.05, 0) is 63.8 Å². The summed E-state index contributed by atoms with van der Waals surface area (Å²) >= 11 is 6.07. The van der Waals surface area contributed by atoms with Crippen LogP contribution in [0.2, 0.25) is 5.28 Å². The zero-order valence-corrected chi connectivity index (χ0v) is 19.9. The molecule has 2 aromatic rings. The van der Waals surface area contributed by atoms with E-state index in [1.807, 2.05) is 20.8 Å². The summed E-state index contributed by atoms with van der Waals surface area (Å²) in [6.45, 7) is 8.10. The first kappa shape index (κ1) is 23.2. The van der Waals surface area contributed by atoms with Gasteiger partial charge in [0.2, 0.25) is 5.28 Å². The van der Waals surface area contributed by atoms with Crippen LogP contribution in [0.5, 0.6) is 0 Å². The number of para-hydroxylation sites is 1. The molecule has 0 spiro atoms. The Morgan fingerprint density at radius 2 is 2.06 bits per heavy atom. The predicted octanol–water partition coefficient (Wildman–Crippen LogP) is 4.92. The Morgan fingerprint density at radius 1 is 1.30 bits per heavy atom. The number of hydrogen-bond donors (Lipinski definition) is 0. The number of fused-ring (bicyclic) bond motifs is 1. The molecule has 1 fully saturated rings. The highest BCUT2D eigenvalue weighted by atomic mass is 35.5. The van der Waals surface area contributed by atoms with Gasteiger partial charge in [0, 0.05) is 24.8 Å². The first-order chi connectivity index (χ1) is 15.5. The number of piperidine rings is 1. The van der Waals surface area contributed by atoms with Crippen molar-refractivity contribution < 1.29 is 18.7 Å². The van der Waals surface area contributed by atoms with Crippen molar-refractivity contribution in [2.45, 2.75) is 58.7 Å². The molecule has 1 aromatic heterocycles. The summed E-state index contributed by atoms with van der Waals surface area (Å²) in [5.74, 6) is -0.0954. The zero-order valence-electron chi connectivity index (χ0n) is 19.1. The predicted molar refractivity (Wildman–Crippen MR) is 123 cm³/mol. The number of likely N-dealkylation sites (tertiary alicyclic amines) is 1. The molecule has 0 N–H and O–H groups in total. The molecule has 2 aliphatic rings. The zero-order chi connectivity index (χ0) is 23.9. The second kappa shape index (κ2) is 8.78. The molecule has 0 saturated carbocycles. The van der Waals surface area contributed by atoms with Gasteiger partial charge in [-0.25, -0.2) is 19.0 Å². The van der Waals surface area contributed by atoms with Crippen LogP contribution >= 0.6 is 11.6 Å². The Kier molecular flexibility index (Phi) is 6.18. The van der Waals surface area contributed by atoms with Crippen LogP contribution in [0.25, 0.3) is 0 Å². The Hall–Kier alpha value is -2.94. The lowest BCUT2D eigenvalue weighted by Gasteiger charge is -2.44. The van der Waals surface area contributed by atoms with Crippen molar-refractivity contribution in [3.63, 3.8) is 0 Å².